The summed E-state index contributed by atoms with van der Waals surface area (Å²) in [6, 6.07) is 7.52. The zero-order valence-corrected chi connectivity index (χ0v) is 14.5. The van der Waals surface area contributed by atoms with E-state index in [9.17, 15) is 14.1 Å². The minimum atomic E-state index is -1.31. The van der Waals surface area contributed by atoms with E-state index in [0.29, 0.717) is 23.3 Å². The first kappa shape index (κ1) is 17.1. The third-order valence-corrected chi connectivity index (χ3v) is 6.47. The van der Waals surface area contributed by atoms with Gasteiger partial charge in [-0.2, -0.15) is 0 Å². The zero-order valence-electron chi connectivity index (χ0n) is 13.7. The zero-order chi connectivity index (χ0) is 16.5. The minimum absolute atomic E-state index is 0.0349. The van der Waals surface area contributed by atoms with Gasteiger partial charge in [0, 0.05) is 16.7 Å². The molecule has 0 saturated carbocycles. The smallest absolute Gasteiger partial charge is 0.156 e. The second-order valence-corrected chi connectivity index (χ2v) is 8.00. The quantitative estimate of drug-likeness (QED) is 0.927. The lowest BCUT2D eigenvalue weighted by molar-refractivity contribution is -0.124. The van der Waals surface area contributed by atoms with E-state index >= 15 is 0 Å². The number of aliphatic hydroxyl groups is 1. The van der Waals surface area contributed by atoms with Crippen molar-refractivity contribution in [1.29, 1.82) is 0 Å². The SMILES string of the molecule is CC[C@]1(C)CC(=O)C=C(C)[C@]1(O)C[S@@](=O)c1ccc(C)cc1. The molecule has 1 aromatic carbocycles. The van der Waals surface area contributed by atoms with Crippen molar-refractivity contribution in [1.82, 2.24) is 0 Å². The highest BCUT2D eigenvalue weighted by atomic mass is 32.2. The molecule has 0 spiro atoms. The van der Waals surface area contributed by atoms with Crippen LogP contribution in [0.5, 0.6) is 0 Å². The molecule has 0 fully saturated rings. The first-order valence-corrected chi connectivity index (χ1v) is 8.93. The van der Waals surface area contributed by atoms with Crippen LogP contribution >= 0.6 is 0 Å². The van der Waals surface area contributed by atoms with Crippen LogP contribution in [0.15, 0.2) is 40.8 Å². The summed E-state index contributed by atoms with van der Waals surface area (Å²) in [5, 5.41) is 11.2. The second-order valence-electron chi connectivity index (χ2n) is 6.55. The summed E-state index contributed by atoms with van der Waals surface area (Å²) >= 11 is 0. The van der Waals surface area contributed by atoms with E-state index in [4.69, 9.17) is 0 Å². The van der Waals surface area contributed by atoms with Crippen LogP contribution in [0.25, 0.3) is 0 Å². The van der Waals surface area contributed by atoms with Gasteiger partial charge in [0.05, 0.1) is 16.6 Å². The first-order chi connectivity index (χ1) is 10.2. The molecule has 0 bridgehead atoms. The van der Waals surface area contributed by atoms with Crippen molar-refractivity contribution in [2.24, 2.45) is 5.41 Å². The maximum absolute atomic E-state index is 12.7. The molecule has 0 aliphatic heterocycles. The summed E-state index contributed by atoms with van der Waals surface area (Å²) in [6.07, 6.45) is 2.46. The molecule has 22 heavy (non-hydrogen) atoms. The molecule has 1 N–H and O–H groups in total. The van der Waals surface area contributed by atoms with Crippen LogP contribution in [0.1, 0.15) is 39.2 Å². The Kier molecular flexibility index (Phi) is 4.73. The summed E-state index contributed by atoms with van der Waals surface area (Å²) < 4.78 is 12.7. The molecule has 3 nitrogen and oxygen atoms in total. The molecule has 1 aliphatic carbocycles. The number of rotatable bonds is 4. The molecular formula is C18H24O3S. The molecular weight excluding hydrogens is 296 g/mol. The van der Waals surface area contributed by atoms with Crippen LogP contribution in [-0.4, -0.2) is 26.5 Å². The molecule has 0 heterocycles. The lowest BCUT2D eigenvalue weighted by Gasteiger charge is -2.47. The number of allylic oxidation sites excluding steroid dienone is 1. The van der Waals surface area contributed by atoms with Gasteiger partial charge in [-0.15, -0.1) is 0 Å². The van der Waals surface area contributed by atoms with Gasteiger partial charge in [-0.3, -0.25) is 9.00 Å². The van der Waals surface area contributed by atoms with E-state index in [-0.39, 0.29) is 11.5 Å². The number of carbonyl (C=O) groups is 1. The molecule has 0 unspecified atom stereocenters. The van der Waals surface area contributed by atoms with Crippen LogP contribution in [-0.2, 0) is 15.6 Å². The van der Waals surface area contributed by atoms with Gasteiger partial charge in [0.1, 0.15) is 5.60 Å². The van der Waals surface area contributed by atoms with Gasteiger partial charge in [0.15, 0.2) is 5.78 Å². The highest BCUT2D eigenvalue weighted by Crippen LogP contribution is 2.46. The van der Waals surface area contributed by atoms with Crippen molar-refractivity contribution in [2.75, 3.05) is 5.75 Å². The summed E-state index contributed by atoms with van der Waals surface area (Å²) in [5.74, 6) is 0.156. The highest BCUT2D eigenvalue weighted by Gasteiger charge is 2.51. The third kappa shape index (κ3) is 2.95. The van der Waals surface area contributed by atoms with Crippen LogP contribution < -0.4 is 0 Å². The van der Waals surface area contributed by atoms with Gasteiger partial charge >= 0.3 is 0 Å². The molecule has 3 atom stereocenters. The minimum Gasteiger partial charge on any atom is -0.384 e. The maximum atomic E-state index is 12.7. The largest absolute Gasteiger partial charge is 0.384 e. The number of hydrogen-bond donors (Lipinski definition) is 1. The fourth-order valence-corrected chi connectivity index (χ4v) is 4.65. The second kappa shape index (κ2) is 6.09. The van der Waals surface area contributed by atoms with Gasteiger partial charge in [0.2, 0.25) is 0 Å². The Bertz CT molecular complexity index is 632. The van der Waals surface area contributed by atoms with Crippen LogP contribution in [0, 0.1) is 12.3 Å². The number of aryl methyl sites for hydroxylation is 1. The molecule has 1 aromatic rings. The molecule has 4 heteroatoms. The molecule has 1 aliphatic rings. The monoisotopic (exact) mass is 320 g/mol. The van der Waals surface area contributed by atoms with Crippen molar-refractivity contribution in [3.63, 3.8) is 0 Å². The summed E-state index contributed by atoms with van der Waals surface area (Å²) in [4.78, 5) is 12.6. The van der Waals surface area contributed by atoms with E-state index in [1.165, 1.54) is 6.08 Å². The van der Waals surface area contributed by atoms with Gasteiger partial charge in [0.25, 0.3) is 0 Å². The summed E-state index contributed by atoms with van der Waals surface area (Å²) in [7, 11) is -1.31. The van der Waals surface area contributed by atoms with Crippen molar-refractivity contribution < 1.29 is 14.1 Å². The number of ketones is 1. The predicted octanol–water partition coefficient (Wildman–Crippen LogP) is 3.17. The lowest BCUT2D eigenvalue weighted by atomic mass is 9.63. The van der Waals surface area contributed by atoms with Crippen molar-refractivity contribution in [3.8, 4) is 0 Å². The van der Waals surface area contributed by atoms with Crippen LogP contribution in [0.2, 0.25) is 0 Å². The number of carbonyl (C=O) groups excluding carboxylic acids is 1. The average molecular weight is 320 g/mol. The van der Waals surface area contributed by atoms with E-state index in [0.717, 1.165) is 5.56 Å². The van der Waals surface area contributed by atoms with Crippen LogP contribution in [0.4, 0.5) is 0 Å². The van der Waals surface area contributed by atoms with Gasteiger partial charge < -0.3 is 5.11 Å². The van der Waals surface area contributed by atoms with E-state index in [1.54, 1.807) is 6.92 Å². The third-order valence-electron chi connectivity index (χ3n) is 5.00. The van der Waals surface area contributed by atoms with E-state index in [1.807, 2.05) is 45.0 Å². The topological polar surface area (TPSA) is 54.4 Å². The fraction of sp³-hybridized carbons (Fsp3) is 0.500. The van der Waals surface area contributed by atoms with Crippen molar-refractivity contribution in [2.45, 2.75) is 51.0 Å². The number of hydrogen-bond acceptors (Lipinski definition) is 3. The Hall–Kier alpha value is -1.26. The molecule has 2 rings (SSSR count). The van der Waals surface area contributed by atoms with Gasteiger partial charge in [-0.05, 0) is 44.1 Å². The average Bonchev–Trinajstić information content (AvgIpc) is 2.45. The van der Waals surface area contributed by atoms with Crippen LogP contribution in [0.3, 0.4) is 0 Å². The molecule has 0 saturated heterocycles. The van der Waals surface area contributed by atoms with Gasteiger partial charge in [-0.1, -0.05) is 31.5 Å². The van der Waals surface area contributed by atoms with E-state index in [2.05, 4.69) is 0 Å². The molecule has 120 valence electrons. The Morgan fingerprint density at radius 1 is 1.23 bits per heavy atom. The Balaban J connectivity index is 2.35. The summed E-state index contributed by atoms with van der Waals surface area (Å²) in [6.45, 7) is 7.62. The highest BCUT2D eigenvalue weighted by molar-refractivity contribution is 7.85. The summed E-state index contributed by atoms with van der Waals surface area (Å²) in [5.41, 5.74) is -0.0694. The Labute approximate surface area is 134 Å². The van der Waals surface area contributed by atoms with Crippen molar-refractivity contribution >= 4 is 16.6 Å². The first-order valence-electron chi connectivity index (χ1n) is 7.61. The Morgan fingerprint density at radius 2 is 1.82 bits per heavy atom. The standard InChI is InChI=1S/C18H24O3S/c1-5-17(4)11-15(19)10-14(3)18(17,20)12-22(21)16-8-6-13(2)7-9-16/h6-10,20H,5,11-12H2,1-4H3/t17-,18-,22-/m1/s1. The van der Waals surface area contributed by atoms with E-state index < -0.39 is 21.8 Å². The predicted molar refractivity (Wildman–Crippen MR) is 89.2 cm³/mol. The van der Waals surface area contributed by atoms with Gasteiger partial charge in [-0.25, -0.2) is 0 Å². The van der Waals surface area contributed by atoms with Crippen molar-refractivity contribution in [3.05, 3.63) is 41.5 Å². The molecule has 0 radical (unpaired) electrons. The molecule has 0 amide bonds. The molecule has 0 aromatic heterocycles. The lowest BCUT2D eigenvalue weighted by Crippen LogP contribution is -2.54. The Morgan fingerprint density at radius 3 is 2.36 bits per heavy atom. The number of benzene rings is 1. The maximum Gasteiger partial charge on any atom is 0.156 e. The normalized spacial score (nSPS) is 30.0. The fourth-order valence-electron chi connectivity index (χ4n) is 3.09.